The molecule has 30 heavy (non-hydrogen) atoms. The van der Waals surface area contributed by atoms with Crippen molar-refractivity contribution in [2.75, 3.05) is 32.7 Å². The van der Waals surface area contributed by atoms with E-state index in [0.29, 0.717) is 38.2 Å². The quantitative estimate of drug-likeness (QED) is 0.206. The van der Waals surface area contributed by atoms with E-state index in [0.717, 1.165) is 12.8 Å². The smallest absolute Gasteiger partial charge is 0.336 e. The molecule has 2 rings (SSSR count). The van der Waals surface area contributed by atoms with Crippen molar-refractivity contribution in [1.82, 2.24) is 10.2 Å². The van der Waals surface area contributed by atoms with Crippen LogP contribution in [-0.2, 0) is 19.1 Å². The molecule has 1 aromatic carbocycles. The number of phenols is 1. The van der Waals surface area contributed by atoms with Crippen LogP contribution >= 0.6 is 0 Å². The Kier molecular flexibility index (Phi) is 9.03. The Morgan fingerprint density at radius 3 is 2.23 bits per heavy atom. The van der Waals surface area contributed by atoms with Crippen molar-refractivity contribution in [3.05, 3.63) is 29.8 Å². The van der Waals surface area contributed by atoms with Crippen molar-refractivity contribution in [2.24, 2.45) is 11.5 Å². The Morgan fingerprint density at radius 2 is 1.67 bits per heavy atom. The van der Waals surface area contributed by atoms with Gasteiger partial charge in [0, 0.05) is 19.6 Å². The van der Waals surface area contributed by atoms with Crippen LogP contribution in [0.4, 0.5) is 0 Å². The number of hydrogen-bond acceptors (Lipinski definition) is 7. The van der Waals surface area contributed by atoms with Crippen molar-refractivity contribution < 1.29 is 29.3 Å². The molecule has 1 aliphatic heterocycles. The fourth-order valence-corrected chi connectivity index (χ4v) is 3.14. The van der Waals surface area contributed by atoms with Crippen LogP contribution in [0.3, 0.4) is 0 Å². The van der Waals surface area contributed by atoms with E-state index < -0.39 is 30.0 Å². The third kappa shape index (κ3) is 6.68. The topological polar surface area (TPSA) is 172 Å². The van der Waals surface area contributed by atoms with E-state index in [4.69, 9.17) is 21.3 Å². The van der Waals surface area contributed by atoms with Crippen LogP contribution in [0.1, 0.15) is 30.7 Å². The highest BCUT2D eigenvalue weighted by atomic mass is 16.6. The minimum absolute atomic E-state index is 0.0232. The molecule has 1 saturated heterocycles. The number of carbonyl (C=O) groups is 3. The summed E-state index contributed by atoms with van der Waals surface area (Å²) in [5.41, 5.74) is 11.8. The molecule has 1 fully saturated rings. The lowest BCUT2D eigenvalue weighted by Gasteiger charge is -2.28. The summed E-state index contributed by atoms with van der Waals surface area (Å²) >= 11 is 0. The largest absolute Gasteiger partial charge is 0.508 e. The molecule has 166 valence electrons. The fraction of sp³-hybridized carbons (Fsp3) is 0.550. The molecule has 0 spiro atoms. The number of aliphatic carboxylic acids is 1. The molecule has 2 amide bonds. The monoisotopic (exact) mass is 422 g/mol. The van der Waals surface area contributed by atoms with E-state index in [1.165, 1.54) is 12.1 Å². The van der Waals surface area contributed by atoms with Crippen LogP contribution < -0.4 is 16.8 Å². The number of benzene rings is 1. The molecule has 0 bridgehead atoms. The van der Waals surface area contributed by atoms with Gasteiger partial charge in [-0.15, -0.1) is 0 Å². The second-order valence-electron chi connectivity index (χ2n) is 7.17. The number of epoxide rings is 1. The average Bonchev–Trinajstić information content (AvgIpc) is 3.53. The first-order valence-corrected chi connectivity index (χ1v) is 10.0. The number of ether oxygens (including phenoxy) is 1. The molecular weight excluding hydrogens is 392 g/mol. The van der Waals surface area contributed by atoms with Crippen molar-refractivity contribution in [1.29, 1.82) is 0 Å². The maximum atomic E-state index is 13.3. The number of nitrogens with one attached hydrogen (secondary N) is 1. The highest BCUT2D eigenvalue weighted by Crippen LogP contribution is 2.24. The van der Waals surface area contributed by atoms with Crippen LogP contribution in [0, 0.1) is 0 Å². The molecule has 1 heterocycles. The van der Waals surface area contributed by atoms with Gasteiger partial charge < -0.3 is 36.6 Å². The molecule has 3 unspecified atom stereocenters. The van der Waals surface area contributed by atoms with Crippen LogP contribution in [0.25, 0.3) is 0 Å². The minimum atomic E-state index is -1.20. The third-order valence-electron chi connectivity index (χ3n) is 4.89. The standard InChI is InChI=1S/C20H30N4O6/c21-8-1-2-10-24(11-3-9-22)19(27)15(13-4-6-14(25)7-5-13)12-23-18(26)16-17(30-16)20(28)29/h4-7,15-17,25H,1-3,8-12,21-22H2,(H,23,26)(H,28,29). The van der Waals surface area contributed by atoms with Gasteiger partial charge in [0.05, 0.1) is 5.92 Å². The van der Waals surface area contributed by atoms with Gasteiger partial charge in [-0.1, -0.05) is 12.1 Å². The summed E-state index contributed by atoms with van der Waals surface area (Å²) in [6.07, 6.45) is -0.0272. The van der Waals surface area contributed by atoms with Gasteiger partial charge in [0.1, 0.15) is 5.75 Å². The van der Waals surface area contributed by atoms with Crippen LogP contribution in [-0.4, -0.2) is 77.8 Å². The molecule has 10 heteroatoms. The lowest BCUT2D eigenvalue weighted by Crippen LogP contribution is -2.42. The fourth-order valence-electron chi connectivity index (χ4n) is 3.14. The maximum Gasteiger partial charge on any atom is 0.336 e. The number of carboxylic acids is 1. The van der Waals surface area contributed by atoms with Crippen molar-refractivity contribution in [3.8, 4) is 5.75 Å². The van der Waals surface area contributed by atoms with E-state index in [1.807, 2.05) is 0 Å². The Balaban J connectivity index is 2.12. The van der Waals surface area contributed by atoms with Gasteiger partial charge in [0.2, 0.25) is 5.91 Å². The first kappa shape index (κ1) is 23.6. The van der Waals surface area contributed by atoms with Gasteiger partial charge in [0.25, 0.3) is 5.91 Å². The first-order chi connectivity index (χ1) is 14.4. The molecule has 0 aromatic heterocycles. The number of rotatable bonds is 13. The molecule has 1 aromatic rings. The maximum absolute atomic E-state index is 13.3. The zero-order chi connectivity index (χ0) is 22.1. The highest BCUT2D eigenvalue weighted by molar-refractivity contribution is 5.92. The second-order valence-corrected chi connectivity index (χ2v) is 7.17. The normalized spacial score (nSPS) is 18.5. The Hall–Kier alpha value is -2.69. The number of carbonyl (C=O) groups excluding carboxylic acids is 2. The number of unbranched alkanes of at least 4 members (excludes halogenated alkanes) is 1. The molecule has 0 radical (unpaired) electrons. The SMILES string of the molecule is NCCCCN(CCCN)C(=O)C(CNC(=O)C1OC1C(=O)O)c1ccc(O)cc1. The number of nitrogens with zero attached hydrogens (tertiary/aromatic N) is 1. The molecule has 3 atom stereocenters. The number of aromatic hydroxyl groups is 1. The van der Waals surface area contributed by atoms with E-state index in [1.54, 1.807) is 17.0 Å². The van der Waals surface area contributed by atoms with Crippen LogP contribution in [0.2, 0.25) is 0 Å². The lowest BCUT2D eigenvalue weighted by molar-refractivity contribution is -0.138. The van der Waals surface area contributed by atoms with Gasteiger partial charge in [-0.05, 0) is 50.0 Å². The molecule has 1 aliphatic rings. The number of hydrogen-bond donors (Lipinski definition) is 5. The van der Waals surface area contributed by atoms with E-state index in [-0.39, 0.29) is 18.2 Å². The van der Waals surface area contributed by atoms with Gasteiger partial charge in [-0.25, -0.2) is 4.79 Å². The predicted octanol–water partition coefficient (Wildman–Crippen LogP) is -0.640. The van der Waals surface area contributed by atoms with Gasteiger partial charge >= 0.3 is 5.97 Å². The lowest BCUT2D eigenvalue weighted by atomic mass is 9.96. The van der Waals surface area contributed by atoms with Gasteiger partial charge in [-0.3, -0.25) is 9.59 Å². The summed E-state index contributed by atoms with van der Waals surface area (Å²) in [5.74, 6) is -2.59. The predicted molar refractivity (Wildman–Crippen MR) is 109 cm³/mol. The number of phenolic OH excluding ortho intramolecular Hbond substituents is 1. The van der Waals surface area contributed by atoms with E-state index in [9.17, 15) is 19.5 Å². The zero-order valence-corrected chi connectivity index (χ0v) is 16.8. The van der Waals surface area contributed by atoms with E-state index >= 15 is 0 Å². The minimum Gasteiger partial charge on any atom is -0.508 e. The summed E-state index contributed by atoms with van der Waals surface area (Å²) in [6.45, 7) is 1.95. The van der Waals surface area contributed by atoms with Crippen LogP contribution in [0.5, 0.6) is 5.75 Å². The van der Waals surface area contributed by atoms with E-state index in [2.05, 4.69) is 5.32 Å². The molecule has 7 N–H and O–H groups in total. The van der Waals surface area contributed by atoms with Crippen LogP contribution in [0.15, 0.2) is 24.3 Å². The van der Waals surface area contributed by atoms with Crippen molar-refractivity contribution in [2.45, 2.75) is 37.4 Å². The number of nitrogens with two attached hydrogens (primary N) is 2. The first-order valence-electron chi connectivity index (χ1n) is 10.0. The second kappa shape index (κ2) is 11.5. The van der Waals surface area contributed by atoms with Crippen molar-refractivity contribution >= 4 is 17.8 Å². The Bertz CT molecular complexity index is 727. The zero-order valence-electron chi connectivity index (χ0n) is 16.8. The summed E-state index contributed by atoms with van der Waals surface area (Å²) in [6, 6.07) is 6.19. The molecule has 0 saturated carbocycles. The highest BCUT2D eigenvalue weighted by Gasteiger charge is 2.50. The molecular formula is C20H30N4O6. The molecule has 0 aliphatic carbocycles. The summed E-state index contributed by atoms with van der Waals surface area (Å²) in [7, 11) is 0. The molecule has 10 nitrogen and oxygen atoms in total. The van der Waals surface area contributed by atoms with Crippen molar-refractivity contribution in [3.63, 3.8) is 0 Å². The number of amides is 2. The summed E-state index contributed by atoms with van der Waals surface area (Å²) in [5, 5.41) is 21.1. The van der Waals surface area contributed by atoms with Gasteiger partial charge in [-0.2, -0.15) is 0 Å². The average molecular weight is 422 g/mol. The summed E-state index contributed by atoms with van der Waals surface area (Å²) in [4.78, 5) is 38.1. The third-order valence-corrected chi connectivity index (χ3v) is 4.89. The Labute approximate surface area is 175 Å². The van der Waals surface area contributed by atoms with Gasteiger partial charge in [0.15, 0.2) is 12.2 Å². The number of carboxylic acid groups (broad SMARTS) is 1. The summed E-state index contributed by atoms with van der Waals surface area (Å²) < 4.78 is 4.85. The Morgan fingerprint density at radius 1 is 1.03 bits per heavy atom.